The van der Waals surface area contributed by atoms with Gasteiger partial charge in [-0.2, -0.15) is 0 Å². The molecule has 0 spiro atoms. The molecule has 0 aliphatic rings. The number of aromatic nitrogens is 1. The molecule has 1 aromatic carbocycles. The first-order valence-corrected chi connectivity index (χ1v) is 6.61. The van der Waals surface area contributed by atoms with E-state index >= 15 is 0 Å². The highest BCUT2D eigenvalue weighted by Gasteiger charge is 2.05. The van der Waals surface area contributed by atoms with Gasteiger partial charge in [0.25, 0.3) is 0 Å². The second-order valence-corrected chi connectivity index (χ2v) is 4.91. The van der Waals surface area contributed by atoms with E-state index in [1.54, 1.807) is 11.3 Å². The van der Waals surface area contributed by atoms with Gasteiger partial charge in [-0.1, -0.05) is 19.1 Å². The van der Waals surface area contributed by atoms with Gasteiger partial charge in [0.2, 0.25) is 0 Å². The molecule has 0 unspecified atom stereocenters. The first-order valence-electron chi connectivity index (χ1n) is 5.79. The molecule has 0 radical (unpaired) electrons. The SMILES string of the molecule is CCCC(=O)OCCc1nc2ccccc2s1. The number of benzene rings is 1. The molecule has 2 rings (SSSR count). The highest BCUT2D eigenvalue weighted by atomic mass is 32.1. The number of carbonyl (C=O) groups excluding carboxylic acids is 1. The minimum absolute atomic E-state index is 0.117. The van der Waals surface area contributed by atoms with Crippen molar-refractivity contribution in [3.8, 4) is 0 Å². The van der Waals surface area contributed by atoms with E-state index < -0.39 is 0 Å². The second-order valence-electron chi connectivity index (χ2n) is 3.80. The summed E-state index contributed by atoms with van der Waals surface area (Å²) in [6.45, 7) is 2.40. The Kier molecular flexibility index (Phi) is 4.09. The van der Waals surface area contributed by atoms with Gasteiger partial charge in [-0.3, -0.25) is 4.79 Å². The Balaban J connectivity index is 1.89. The number of nitrogens with zero attached hydrogens (tertiary/aromatic N) is 1. The maximum Gasteiger partial charge on any atom is 0.305 e. The van der Waals surface area contributed by atoms with Crippen LogP contribution >= 0.6 is 11.3 Å². The summed E-state index contributed by atoms with van der Waals surface area (Å²) >= 11 is 1.66. The summed E-state index contributed by atoms with van der Waals surface area (Å²) < 4.78 is 6.29. The molecule has 0 fully saturated rings. The fraction of sp³-hybridized carbons (Fsp3) is 0.385. The minimum Gasteiger partial charge on any atom is -0.465 e. The lowest BCUT2D eigenvalue weighted by molar-refractivity contribution is -0.143. The highest BCUT2D eigenvalue weighted by Crippen LogP contribution is 2.21. The third-order valence-electron chi connectivity index (χ3n) is 2.37. The maximum absolute atomic E-state index is 11.2. The highest BCUT2D eigenvalue weighted by molar-refractivity contribution is 7.18. The number of para-hydroxylation sites is 1. The van der Waals surface area contributed by atoms with Crippen molar-refractivity contribution in [2.24, 2.45) is 0 Å². The fourth-order valence-corrected chi connectivity index (χ4v) is 2.50. The molecule has 0 saturated carbocycles. The normalized spacial score (nSPS) is 10.6. The van der Waals surface area contributed by atoms with Crippen LogP contribution in [0.5, 0.6) is 0 Å². The van der Waals surface area contributed by atoms with Gasteiger partial charge in [0.15, 0.2) is 0 Å². The molecule has 1 heterocycles. The molecule has 0 N–H and O–H groups in total. The van der Waals surface area contributed by atoms with Crippen molar-refractivity contribution in [3.63, 3.8) is 0 Å². The quantitative estimate of drug-likeness (QED) is 0.764. The first kappa shape index (κ1) is 12.0. The van der Waals surface area contributed by atoms with E-state index in [9.17, 15) is 4.79 Å². The summed E-state index contributed by atoms with van der Waals surface area (Å²) in [5.74, 6) is -0.117. The molecule has 0 atom stereocenters. The van der Waals surface area contributed by atoms with Crippen molar-refractivity contribution in [1.29, 1.82) is 0 Å². The molecule has 0 bridgehead atoms. The molecule has 0 aliphatic carbocycles. The van der Waals surface area contributed by atoms with Crippen LogP contribution in [0.1, 0.15) is 24.8 Å². The van der Waals surface area contributed by atoms with E-state index in [0.29, 0.717) is 19.4 Å². The largest absolute Gasteiger partial charge is 0.465 e. The van der Waals surface area contributed by atoms with Gasteiger partial charge >= 0.3 is 5.97 Å². The summed E-state index contributed by atoms with van der Waals surface area (Å²) in [5, 5.41) is 1.02. The van der Waals surface area contributed by atoms with Crippen molar-refractivity contribution < 1.29 is 9.53 Å². The zero-order valence-electron chi connectivity index (χ0n) is 9.81. The first-order chi connectivity index (χ1) is 8.29. The Labute approximate surface area is 104 Å². The van der Waals surface area contributed by atoms with Crippen molar-refractivity contribution in [3.05, 3.63) is 29.3 Å². The number of thiazole rings is 1. The van der Waals surface area contributed by atoms with E-state index in [4.69, 9.17) is 4.74 Å². The van der Waals surface area contributed by atoms with Crippen molar-refractivity contribution >= 4 is 27.5 Å². The van der Waals surface area contributed by atoms with Crippen molar-refractivity contribution in [1.82, 2.24) is 4.98 Å². The number of fused-ring (bicyclic) bond motifs is 1. The molecule has 17 heavy (non-hydrogen) atoms. The van der Waals surface area contributed by atoms with Crippen LogP contribution < -0.4 is 0 Å². The van der Waals surface area contributed by atoms with Crippen LogP contribution in [0, 0.1) is 0 Å². The van der Waals surface area contributed by atoms with E-state index in [1.165, 1.54) is 4.70 Å². The Morgan fingerprint density at radius 3 is 3.00 bits per heavy atom. The van der Waals surface area contributed by atoms with Crippen LogP contribution in [-0.2, 0) is 16.0 Å². The Morgan fingerprint density at radius 2 is 2.24 bits per heavy atom. The second kappa shape index (κ2) is 5.77. The zero-order valence-corrected chi connectivity index (χ0v) is 10.6. The molecular formula is C13H15NO2S. The van der Waals surface area contributed by atoms with E-state index in [0.717, 1.165) is 16.9 Å². The summed E-state index contributed by atoms with van der Waals surface area (Å²) in [4.78, 5) is 15.6. The molecule has 90 valence electrons. The number of hydrogen-bond acceptors (Lipinski definition) is 4. The molecule has 0 amide bonds. The molecule has 2 aromatic rings. The van der Waals surface area contributed by atoms with Gasteiger partial charge in [-0.25, -0.2) is 4.98 Å². The maximum atomic E-state index is 11.2. The number of rotatable bonds is 5. The van der Waals surface area contributed by atoms with Crippen LogP contribution in [0.3, 0.4) is 0 Å². The topological polar surface area (TPSA) is 39.2 Å². The summed E-state index contributed by atoms with van der Waals surface area (Å²) in [6, 6.07) is 8.04. The Hall–Kier alpha value is -1.42. The van der Waals surface area contributed by atoms with Gasteiger partial charge in [0, 0.05) is 12.8 Å². The lowest BCUT2D eigenvalue weighted by Gasteiger charge is -2.01. The average molecular weight is 249 g/mol. The number of hydrogen-bond donors (Lipinski definition) is 0. The molecule has 0 aliphatic heterocycles. The number of esters is 1. The molecular weight excluding hydrogens is 234 g/mol. The summed E-state index contributed by atoms with van der Waals surface area (Å²) in [6.07, 6.45) is 2.04. The zero-order chi connectivity index (χ0) is 12.1. The number of carbonyl (C=O) groups is 1. The minimum atomic E-state index is -0.117. The summed E-state index contributed by atoms with van der Waals surface area (Å²) in [7, 11) is 0. The van der Waals surface area contributed by atoms with Gasteiger partial charge in [0.1, 0.15) is 0 Å². The molecule has 3 nitrogen and oxygen atoms in total. The molecule has 0 saturated heterocycles. The Bertz CT molecular complexity index is 474. The average Bonchev–Trinajstić information content (AvgIpc) is 2.71. The van der Waals surface area contributed by atoms with Crippen LogP contribution in [0.2, 0.25) is 0 Å². The van der Waals surface area contributed by atoms with Gasteiger partial charge in [-0.15, -0.1) is 11.3 Å². The van der Waals surface area contributed by atoms with Gasteiger partial charge in [0.05, 0.1) is 21.8 Å². The lowest BCUT2D eigenvalue weighted by atomic mass is 10.3. The third kappa shape index (κ3) is 3.27. The third-order valence-corrected chi connectivity index (χ3v) is 3.47. The van der Waals surface area contributed by atoms with Crippen molar-refractivity contribution in [2.45, 2.75) is 26.2 Å². The van der Waals surface area contributed by atoms with Gasteiger partial charge in [-0.05, 0) is 18.6 Å². The monoisotopic (exact) mass is 249 g/mol. The summed E-state index contributed by atoms with van der Waals surface area (Å²) in [5.41, 5.74) is 1.02. The number of ether oxygens (including phenoxy) is 1. The van der Waals surface area contributed by atoms with E-state index in [2.05, 4.69) is 11.1 Å². The molecule has 1 aromatic heterocycles. The Morgan fingerprint density at radius 1 is 1.41 bits per heavy atom. The lowest BCUT2D eigenvalue weighted by Crippen LogP contribution is -2.06. The van der Waals surface area contributed by atoms with Crippen LogP contribution in [0.15, 0.2) is 24.3 Å². The smallest absolute Gasteiger partial charge is 0.305 e. The van der Waals surface area contributed by atoms with Crippen molar-refractivity contribution in [2.75, 3.05) is 6.61 Å². The predicted molar refractivity (Wildman–Crippen MR) is 69.2 cm³/mol. The fourth-order valence-electron chi connectivity index (χ4n) is 1.56. The standard InChI is InChI=1S/C13H15NO2S/c1-2-5-13(15)16-9-8-12-14-10-6-3-4-7-11(10)17-12/h3-4,6-7H,2,5,8-9H2,1H3. The molecule has 4 heteroatoms. The predicted octanol–water partition coefficient (Wildman–Crippen LogP) is 3.18. The van der Waals surface area contributed by atoms with Gasteiger partial charge < -0.3 is 4.74 Å². The van der Waals surface area contributed by atoms with E-state index in [1.807, 2.05) is 25.1 Å². The van der Waals surface area contributed by atoms with Crippen LogP contribution in [-0.4, -0.2) is 17.6 Å². The van der Waals surface area contributed by atoms with Crippen LogP contribution in [0.4, 0.5) is 0 Å². The van der Waals surface area contributed by atoms with E-state index in [-0.39, 0.29) is 5.97 Å². The van der Waals surface area contributed by atoms with Crippen LogP contribution in [0.25, 0.3) is 10.2 Å².